The summed E-state index contributed by atoms with van der Waals surface area (Å²) in [6, 6.07) is 0.329. The van der Waals surface area contributed by atoms with E-state index >= 15 is 0 Å². The fourth-order valence-corrected chi connectivity index (χ4v) is 3.03. The van der Waals surface area contributed by atoms with Crippen molar-refractivity contribution in [1.82, 2.24) is 19.9 Å². The lowest BCUT2D eigenvalue weighted by atomic mass is 10.0. The maximum absolute atomic E-state index is 5.75. The summed E-state index contributed by atoms with van der Waals surface area (Å²) in [6.45, 7) is 4.15. The number of fused-ring (bicyclic) bond motifs is 1. The molecule has 1 saturated heterocycles. The first-order valence-corrected chi connectivity index (χ1v) is 8.00. The molecule has 1 N–H and O–H groups in total. The van der Waals surface area contributed by atoms with Gasteiger partial charge in [-0.1, -0.05) is 6.92 Å². The predicted octanol–water partition coefficient (Wildman–Crippen LogP) is 2.73. The molecule has 2 unspecified atom stereocenters. The quantitative estimate of drug-likeness (QED) is 0.851. The van der Waals surface area contributed by atoms with Gasteiger partial charge in [0.05, 0.1) is 24.0 Å². The Morgan fingerprint density at radius 2 is 2.43 bits per heavy atom. The largest absolute Gasteiger partial charge is 0.378 e. The van der Waals surface area contributed by atoms with Crippen LogP contribution in [0.1, 0.15) is 50.6 Å². The number of nitrogens with zero attached hydrogens (tertiary/aromatic N) is 3. The summed E-state index contributed by atoms with van der Waals surface area (Å²) in [5, 5.41) is 8.08. The molecule has 3 heterocycles. The van der Waals surface area contributed by atoms with Crippen LogP contribution in [0.4, 0.5) is 0 Å². The van der Waals surface area contributed by atoms with Gasteiger partial charge in [-0.3, -0.25) is 4.98 Å². The van der Waals surface area contributed by atoms with Gasteiger partial charge in [-0.15, -0.1) is 0 Å². The Balaban J connectivity index is 1.74. The maximum Gasteiger partial charge on any atom is 0.0892 e. The van der Waals surface area contributed by atoms with Crippen molar-refractivity contribution in [2.75, 3.05) is 13.2 Å². The fourth-order valence-electron chi connectivity index (χ4n) is 3.03. The van der Waals surface area contributed by atoms with Crippen molar-refractivity contribution in [3.8, 4) is 0 Å². The number of ether oxygens (including phenoxy) is 1. The van der Waals surface area contributed by atoms with Crippen molar-refractivity contribution in [3.05, 3.63) is 30.4 Å². The van der Waals surface area contributed by atoms with E-state index in [9.17, 15) is 0 Å². The smallest absolute Gasteiger partial charge is 0.0892 e. The third-order valence-electron chi connectivity index (χ3n) is 4.17. The highest BCUT2D eigenvalue weighted by Crippen LogP contribution is 2.26. The molecule has 0 bridgehead atoms. The summed E-state index contributed by atoms with van der Waals surface area (Å²) in [5.74, 6) is 0. The van der Waals surface area contributed by atoms with Crippen molar-refractivity contribution in [1.29, 1.82) is 0 Å². The number of aromatic nitrogens is 3. The molecule has 0 spiro atoms. The summed E-state index contributed by atoms with van der Waals surface area (Å²) in [4.78, 5) is 4.23. The van der Waals surface area contributed by atoms with E-state index in [4.69, 9.17) is 4.74 Å². The third-order valence-corrected chi connectivity index (χ3v) is 4.17. The first kappa shape index (κ1) is 14.5. The Hall–Kier alpha value is -1.46. The molecule has 5 heteroatoms. The van der Waals surface area contributed by atoms with Gasteiger partial charge in [0, 0.05) is 30.6 Å². The van der Waals surface area contributed by atoms with Gasteiger partial charge in [0.2, 0.25) is 0 Å². The Morgan fingerprint density at radius 1 is 1.48 bits per heavy atom. The lowest BCUT2D eigenvalue weighted by Crippen LogP contribution is -2.23. The van der Waals surface area contributed by atoms with Gasteiger partial charge in [-0.2, -0.15) is 5.10 Å². The van der Waals surface area contributed by atoms with Crippen LogP contribution in [-0.4, -0.2) is 33.9 Å². The monoisotopic (exact) mass is 288 g/mol. The predicted molar refractivity (Wildman–Crippen MR) is 82.2 cm³/mol. The van der Waals surface area contributed by atoms with Crippen LogP contribution >= 0.6 is 0 Å². The molecule has 3 rings (SSSR count). The van der Waals surface area contributed by atoms with Crippen molar-refractivity contribution in [2.45, 2.75) is 51.2 Å². The van der Waals surface area contributed by atoms with E-state index in [1.807, 2.05) is 23.1 Å². The average Bonchev–Trinajstić information content (AvgIpc) is 3.17. The van der Waals surface area contributed by atoms with Crippen LogP contribution in [-0.2, 0) is 4.74 Å². The zero-order chi connectivity index (χ0) is 14.5. The van der Waals surface area contributed by atoms with Gasteiger partial charge >= 0.3 is 0 Å². The van der Waals surface area contributed by atoms with Crippen LogP contribution in [0.25, 0.3) is 5.52 Å². The lowest BCUT2D eigenvalue weighted by Gasteiger charge is -2.19. The summed E-state index contributed by atoms with van der Waals surface area (Å²) in [7, 11) is 0. The molecule has 5 nitrogen and oxygen atoms in total. The first-order chi connectivity index (χ1) is 10.4. The third kappa shape index (κ3) is 3.41. The summed E-state index contributed by atoms with van der Waals surface area (Å²) < 4.78 is 7.65. The van der Waals surface area contributed by atoms with Gasteiger partial charge in [0.1, 0.15) is 0 Å². The van der Waals surface area contributed by atoms with Crippen LogP contribution < -0.4 is 5.32 Å². The minimum absolute atomic E-state index is 0.329. The Bertz CT molecular complexity index is 562. The molecule has 0 amide bonds. The van der Waals surface area contributed by atoms with Crippen molar-refractivity contribution >= 4 is 5.52 Å². The second kappa shape index (κ2) is 7.00. The Labute approximate surface area is 125 Å². The Kier molecular flexibility index (Phi) is 4.83. The maximum atomic E-state index is 5.75. The normalized spacial score (nSPS) is 20.1. The molecule has 114 valence electrons. The molecule has 0 aromatic carbocycles. The summed E-state index contributed by atoms with van der Waals surface area (Å²) in [5.41, 5.74) is 2.34. The second-order valence-electron chi connectivity index (χ2n) is 5.73. The highest BCUT2D eigenvalue weighted by molar-refractivity contribution is 5.53. The molecule has 2 aromatic rings. The van der Waals surface area contributed by atoms with Crippen molar-refractivity contribution in [3.63, 3.8) is 0 Å². The molecule has 1 fully saturated rings. The molecule has 2 atom stereocenters. The Morgan fingerprint density at radius 3 is 3.24 bits per heavy atom. The molecule has 2 aromatic heterocycles. The highest BCUT2D eigenvalue weighted by atomic mass is 16.5. The van der Waals surface area contributed by atoms with Crippen molar-refractivity contribution in [2.24, 2.45) is 0 Å². The van der Waals surface area contributed by atoms with Crippen LogP contribution in [0, 0.1) is 0 Å². The fraction of sp³-hybridized carbons (Fsp3) is 0.625. The van der Waals surface area contributed by atoms with E-state index in [0.717, 1.165) is 37.9 Å². The van der Waals surface area contributed by atoms with Gasteiger partial charge in [-0.05, 0) is 38.6 Å². The molecular weight excluding hydrogens is 264 g/mol. The summed E-state index contributed by atoms with van der Waals surface area (Å²) >= 11 is 0. The van der Waals surface area contributed by atoms with Gasteiger partial charge in [-0.25, -0.2) is 4.52 Å². The molecule has 0 saturated carbocycles. The molecular formula is C16H24N4O. The zero-order valence-corrected chi connectivity index (χ0v) is 12.7. The molecule has 21 heavy (non-hydrogen) atoms. The standard InChI is InChI=1S/C16H24N4O/c1-2-7-18-15(6-5-13-4-3-10-21-13)14-11-19-20-9-8-17-12-16(14)20/h8-9,11-13,15,18H,2-7,10H2,1H3. The van der Waals surface area contributed by atoms with E-state index in [-0.39, 0.29) is 0 Å². The van der Waals surface area contributed by atoms with Gasteiger partial charge in [0.25, 0.3) is 0 Å². The van der Waals surface area contributed by atoms with E-state index in [1.54, 1.807) is 6.20 Å². The first-order valence-electron chi connectivity index (χ1n) is 8.00. The number of nitrogens with one attached hydrogen (secondary N) is 1. The minimum Gasteiger partial charge on any atom is -0.378 e. The van der Waals surface area contributed by atoms with Crippen LogP contribution in [0.5, 0.6) is 0 Å². The van der Waals surface area contributed by atoms with E-state index in [1.165, 1.54) is 18.4 Å². The van der Waals surface area contributed by atoms with E-state index in [2.05, 4.69) is 22.3 Å². The van der Waals surface area contributed by atoms with Crippen LogP contribution in [0.15, 0.2) is 24.8 Å². The lowest BCUT2D eigenvalue weighted by molar-refractivity contribution is 0.0996. The van der Waals surface area contributed by atoms with Crippen LogP contribution in [0.3, 0.4) is 0 Å². The topological polar surface area (TPSA) is 51.5 Å². The van der Waals surface area contributed by atoms with E-state index < -0.39 is 0 Å². The second-order valence-corrected chi connectivity index (χ2v) is 5.73. The van der Waals surface area contributed by atoms with Gasteiger partial charge in [0.15, 0.2) is 0 Å². The van der Waals surface area contributed by atoms with Crippen LogP contribution in [0.2, 0.25) is 0 Å². The SMILES string of the molecule is CCCNC(CCC1CCCO1)c1cnn2ccncc12. The molecule has 0 radical (unpaired) electrons. The molecule has 1 aliphatic rings. The minimum atomic E-state index is 0.329. The van der Waals surface area contributed by atoms with E-state index in [0.29, 0.717) is 12.1 Å². The zero-order valence-electron chi connectivity index (χ0n) is 12.7. The van der Waals surface area contributed by atoms with Crippen molar-refractivity contribution < 1.29 is 4.74 Å². The summed E-state index contributed by atoms with van der Waals surface area (Å²) in [6.07, 6.45) is 13.7. The number of rotatable bonds is 7. The molecule has 1 aliphatic heterocycles. The molecule has 0 aliphatic carbocycles. The number of hydrogen-bond acceptors (Lipinski definition) is 4. The number of hydrogen-bond donors (Lipinski definition) is 1. The average molecular weight is 288 g/mol. The van der Waals surface area contributed by atoms with Gasteiger partial charge < -0.3 is 10.1 Å². The highest BCUT2D eigenvalue weighted by Gasteiger charge is 2.20.